The van der Waals surface area contributed by atoms with Crippen molar-refractivity contribution in [3.8, 4) is 11.8 Å². The van der Waals surface area contributed by atoms with Crippen LogP contribution in [0.4, 0.5) is 0 Å². The van der Waals surface area contributed by atoms with Gasteiger partial charge in [-0.05, 0) is 24.6 Å². The van der Waals surface area contributed by atoms with Crippen LogP contribution in [-0.2, 0) is 6.54 Å². The van der Waals surface area contributed by atoms with E-state index in [4.69, 9.17) is 5.11 Å². The van der Waals surface area contributed by atoms with Gasteiger partial charge in [-0.15, -0.1) is 0 Å². The average molecular weight is 284 g/mol. The van der Waals surface area contributed by atoms with E-state index in [-0.39, 0.29) is 12.5 Å². The van der Waals surface area contributed by atoms with Crippen LogP contribution in [0.5, 0.6) is 0 Å². The number of rotatable bonds is 3. The molecule has 2 N–H and O–H groups in total. The molecule has 0 fully saturated rings. The fourth-order valence-electron chi connectivity index (χ4n) is 1.88. The highest BCUT2D eigenvalue weighted by Crippen LogP contribution is 2.13. The number of nitrogens with zero attached hydrogens (tertiary/aromatic N) is 3. The van der Waals surface area contributed by atoms with Crippen molar-refractivity contribution in [3.63, 3.8) is 0 Å². The number of aliphatic hydroxyl groups is 1. The van der Waals surface area contributed by atoms with E-state index < -0.39 is 0 Å². The maximum Gasteiger partial charge on any atom is 0.254 e. The fraction of sp³-hybridized carbons (Fsp3) is 0.267. The van der Waals surface area contributed by atoms with Crippen molar-refractivity contribution in [1.82, 2.24) is 20.1 Å². The maximum atomic E-state index is 12.5. The monoisotopic (exact) mass is 284 g/mol. The molecule has 6 nitrogen and oxygen atoms in total. The molecule has 0 saturated carbocycles. The highest BCUT2D eigenvalue weighted by Gasteiger charge is 2.15. The normalized spacial score (nSPS) is 9.86. The Morgan fingerprint density at radius 1 is 1.48 bits per heavy atom. The molecule has 1 aromatic carbocycles. The summed E-state index contributed by atoms with van der Waals surface area (Å²) in [7, 11) is 1.70. The first-order valence-electron chi connectivity index (χ1n) is 6.42. The molecule has 6 heteroatoms. The molecule has 1 amide bonds. The quantitative estimate of drug-likeness (QED) is 0.814. The highest BCUT2D eigenvalue weighted by atomic mass is 16.2. The zero-order valence-corrected chi connectivity index (χ0v) is 11.9. The lowest BCUT2D eigenvalue weighted by molar-refractivity contribution is 0.0781. The average Bonchev–Trinajstić information content (AvgIpc) is 2.98. The molecule has 1 aromatic heterocycles. The Kier molecular flexibility index (Phi) is 4.69. The Bertz CT molecular complexity index is 683. The van der Waals surface area contributed by atoms with Crippen molar-refractivity contribution < 1.29 is 9.90 Å². The van der Waals surface area contributed by atoms with Gasteiger partial charge in [0.05, 0.1) is 6.54 Å². The first-order valence-corrected chi connectivity index (χ1v) is 6.42. The molecule has 0 saturated heterocycles. The van der Waals surface area contributed by atoms with Gasteiger partial charge in [-0.2, -0.15) is 5.10 Å². The maximum absolute atomic E-state index is 12.5. The predicted octanol–water partition coefficient (Wildman–Crippen LogP) is 0.729. The van der Waals surface area contributed by atoms with Gasteiger partial charge in [0.25, 0.3) is 5.91 Å². The van der Waals surface area contributed by atoms with Gasteiger partial charge >= 0.3 is 0 Å². The topological polar surface area (TPSA) is 82.1 Å². The van der Waals surface area contributed by atoms with Crippen LogP contribution in [0.1, 0.15) is 27.3 Å². The van der Waals surface area contributed by atoms with Gasteiger partial charge in [0, 0.05) is 18.2 Å². The number of carbonyl (C=O) groups excluding carboxylic acids is 1. The van der Waals surface area contributed by atoms with Gasteiger partial charge in [-0.25, -0.2) is 4.98 Å². The van der Waals surface area contributed by atoms with Crippen molar-refractivity contribution in [2.45, 2.75) is 13.5 Å². The van der Waals surface area contributed by atoms with Gasteiger partial charge in [-0.3, -0.25) is 9.89 Å². The molecule has 0 unspecified atom stereocenters. The summed E-state index contributed by atoms with van der Waals surface area (Å²) in [6.45, 7) is 2.02. The third-order valence-electron chi connectivity index (χ3n) is 2.98. The van der Waals surface area contributed by atoms with E-state index in [1.165, 1.54) is 6.33 Å². The first-order chi connectivity index (χ1) is 10.1. The number of carbonyl (C=O) groups is 1. The van der Waals surface area contributed by atoms with Gasteiger partial charge in [-0.1, -0.05) is 17.9 Å². The van der Waals surface area contributed by atoms with E-state index in [0.717, 1.165) is 5.56 Å². The second-order valence-electron chi connectivity index (χ2n) is 4.58. The van der Waals surface area contributed by atoms with E-state index >= 15 is 0 Å². The van der Waals surface area contributed by atoms with E-state index in [1.807, 2.05) is 19.1 Å². The molecule has 0 spiro atoms. The SMILES string of the molecule is Cc1ccc(C#CCO)cc1C(=O)N(C)Cc1ncn[nH]1. The number of H-pyrrole nitrogens is 1. The van der Waals surface area contributed by atoms with Crippen molar-refractivity contribution in [1.29, 1.82) is 0 Å². The number of aromatic amines is 1. The van der Waals surface area contributed by atoms with Crippen LogP contribution in [0.25, 0.3) is 0 Å². The van der Waals surface area contributed by atoms with Crippen molar-refractivity contribution in [3.05, 3.63) is 47.0 Å². The highest BCUT2D eigenvalue weighted by molar-refractivity contribution is 5.95. The second-order valence-corrected chi connectivity index (χ2v) is 4.58. The zero-order valence-electron chi connectivity index (χ0n) is 11.9. The van der Waals surface area contributed by atoms with Crippen molar-refractivity contribution in [2.24, 2.45) is 0 Å². The fourth-order valence-corrected chi connectivity index (χ4v) is 1.88. The lowest BCUT2D eigenvalue weighted by Gasteiger charge is -2.17. The Hall–Kier alpha value is -2.65. The number of nitrogens with one attached hydrogen (secondary N) is 1. The zero-order chi connectivity index (χ0) is 15.2. The summed E-state index contributed by atoms with van der Waals surface area (Å²) in [6, 6.07) is 5.40. The molecule has 0 aliphatic carbocycles. The Morgan fingerprint density at radius 3 is 2.95 bits per heavy atom. The van der Waals surface area contributed by atoms with Crippen LogP contribution in [-0.4, -0.2) is 44.7 Å². The standard InChI is InChI=1S/C15H16N4O2/c1-11-5-6-12(4-3-7-20)8-13(11)15(21)19(2)9-14-16-10-17-18-14/h5-6,8,10,20H,7,9H2,1-2H3,(H,16,17,18). The largest absolute Gasteiger partial charge is 0.384 e. The minimum absolute atomic E-state index is 0.114. The number of aliphatic hydroxyl groups excluding tert-OH is 1. The summed E-state index contributed by atoms with van der Waals surface area (Å²) in [4.78, 5) is 18.0. The van der Waals surface area contributed by atoms with Crippen LogP contribution in [0.2, 0.25) is 0 Å². The molecule has 2 aromatic rings. The summed E-state index contributed by atoms with van der Waals surface area (Å²) in [5.74, 6) is 5.89. The molecular weight excluding hydrogens is 268 g/mol. The number of amides is 1. The van der Waals surface area contributed by atoms with E-state index in [9.17, 15) is 4.79 Å². The molecule has 0 radical (unpaired) electrons. The van der Waals surface area contributed by atoms with Crippen LogP contribution < -0.4 is 0 Å². The van der Waals surface area contributed by atoms with Crippen LogP contribution in [0.15, 0.2) is 24.5 Å². The minimum atomic E-state index is -0.206. The van der Waals surface area contributed by atoms with E-state index in [2.05, 4.69) is 27.0 Å². The number of benzene rings is 1. The Balaban J connectivity index is 2.21. The van der Waals surface area contributed by atoms with Crippen LogP contribution in [0, 0.1) is 18.8 Å². The summed E-state index contributed by atoms with van der Waals surface area (Å²) in [5, 5.41) is 15.2. The molecule has 21 heavy (non-hydrogen) atoms. The predicted molar refractivity (Wildman–Crippen MR) is 77.3 cm³/mol. The third kappa shape index (κ3) is 3.68. The molecule has 0 aliphatic heterocycles. The molecule has 1 heterocycles. The number of aromatic nitrogens is 3. The second kappa shape index (κ2) is 6.68. The number of hydrogen-bond acceptors (Lipinski definition) is 4. The molecule has 108 valence electrons. The van der Waals surface area contributed by atoms with E-state index in [0.29, 0.717) is 23.5 Å². The Labute approximate surface area is 122 Å². The number of hydrogen-bond donors (Lipinski definition) is 2. The molecule has 0 bridgehead atoms. The smallest absolute Gasteiger partial charge is 0.254 e. The summed E-state index contributed by atoms with van der Waals surface area (Å²) in [6.07, 6.45) is 1.41. The summed E-state index contributed by atoms with van der Waals surface area (Å²) in [5.41, 5.74) is 2.16. The van der Waals surface area contributed by atoms with Crippen LogP contribution in [0.3, 0.4) is 0 Å². The van der Waals surface area contributed by atoms with Crippen LogP contribution >= 0.6 is 0 Å². The Morgan fingerprint density at radius 2 is 2.29 bits per heavy atom. The summed E-state index contributed by atoms with van der Waals surface area (Å²) < 4.78 is 0. The van der Waals surface area contributed by atoms with Crippen molar-refractivity contribution in [2.75, 3.05) is 13.7 Å². The molecule has 2 rings (SSSR count). The number of aryl methyl sites for hydroxylation is 1. The van der Waals surface area contributed by atoms with Crippen molar-refractivity contribution >= 4 is 5.91 Å². The molecule has 0 atom stereocenters. The van der Waals surface area contributed by atoms with E-state index in [1.54, 1.807) is 18.0 Å². The van der Waals surface area contributed by atoms with Gasteiger partial charge < -0.3 is 10.0 Å². The molecule has 0 aliphatic rings. The lowest BCUT2D eigenvalue weighted by atomic mass is 10.0. The molecular formula is C15H16N4O2. The third-order valence-corrected chi connectivity index (χ3v) is 2.98. The minimum Gasteiger partial charge on any atom is -0.384 e. The van der Waals surface area contributed by atoms with Gasteiger partial charge in [0.2, 0.25) is 0 Å². The van der Waals surface area contributed by atoms with Gasteiger partial charge in [0.15, 0.2) is 0 Å². The first kappa shape index (κ1) is 14.8. The lowest BCUT2D eigenvalue weighted by Crippen LogP contribution is -2.27. The summed E-state index contributed by atoms with van der Waals surface area (Å²) >= 11 is 0. The van der Waals surface area contributed by atoms with Gasteiger partial charge in [0.1, 0.15) is 18.8 Å².